The number of nitrogens with zero attached hydrogens (tertiary/aromatic N) is 2. The first-order valence-electron chi connectivity index (χ1n) is 5.35. The predicted octanol–water partition coefficient (Wildman–Crippen LogP) is 1.62. The monoisotopic (exact) mass is 232 g/mol. The van der Waals surface area contributed by atoms with Crippen molar-refractivity contribution in [2.24, 2.45) is 7.05 Å². The number of ether oxygens (including phenoxy) is 1. The van der Waals surface area contributed by atoms with Crippen LogP contribution in [-0.2, 0) is 13.6 Å². The van der Waals surface area contributed by atoms with Crippen LogP contribution in [0.1, 0.15) is 5.82 Å². The molecular formula is C12H16N4O. The van der Waals surface area contributed by atoms with E-state index in [4.69, 9.17) is 10.5 Å². The normalized spacial score (nSPS) is 10.2. The summed E-state index contributed by atoms with van der Waals surface area (Å²) in [6, 6.07) is 5.65. The number of anilines is 2. The fraction of sp³-hybridized carbons (Fsp3) is 0.250. The van der Waals surface area contributed by atoms with Crippen molar-refractivity contribution in [1.29, 1.82) is 0 Å². The summed E-state index contributed by atoms with van der Waals surface area (Å²) in [6.07, 6.45) is 3.68. The Labute approximate surface area is 100 Å². The van der Waals surface area contributed by atoms with Crippen LogP contribution in [0, 0.1) is 0 Å². The summed E-state index contributed by atoms with van der Waals surface area (Å²) < 4.78 is 7.12. The van der Waals surface area contributed by atoms with Crippen LogP contribution in [0.5, 0.6) is 5.75 Å². The Morgan fingerprint density at radius 1 is 1.47 bits per heavy atom. The second kappa shape index (κ2) is 4.78. The van der Waals surface area contributed by atoms with Crippen molar-refractivity contribution in [1.82, 2.24) is 9.55 Å². The lowest BCUT2D eigenvalue weighted by Crippen LogP contribution is -2.07. The molecule has 0 aliphatic rings. The zero-order chi connectivity index (χ0) is 12.3. The molecule has 5 heteroatoms. The number of nitrogens with one attached hydrogen (secondary N) is 1. The van der Waals surface area contributed by atoms with E-state index >= 15 is 0 Å². The van der Waals surface area contributed by atoms with Crippen molar-refractivity contribution in [3.05, 3.63) is 36.4 Å². The Kier molecular flexibility index (Phi) is 3.18. The molecule has 17 heavy (non-hydrogen) atoms. The minimum absolute atomic E-state index is 0.615. The molecule has 0 aliphatic carbocycles. The third-order valence-corrected chi connectivity index (χ3v) is 2.64. The van der Waals surface area contributed by atoms with E-state index in [9.17, 15) is 0 Å². The first-order valence-corrected chi connectivity index (χ1v) is 5.35. The first-order chi connectivity index (χ1) is 8.22. The fourth-order valence-corrected chi connectivity index (χ4v) is 1.62. The zero-order valence-corrected chi connectivity index (χ0v) is 9.97. The van der Waals surface area contributed by atoms with Gasteiger partial charge in [-0.3, -0.25) is 0 Å². The van der Waals surface area contributed by atoms with Crippen molar-refractivity contribution in [2.45, 2.75) is 6.54 Å². The Balaban J connectivity index is 2.12. The number of rotatable bonds is 4. The number of hydrogen-bond donors (Lipinski definition) is 2. The molecule has 0 aliphatic heterocycles. The molecule has 0 amide bonds. The summed E-state index contributed by atoms with van der Waals surface area (Å²) in [5.41, 5.74) is 7.43. The third kappa shape index (κ3) is 2.33. The molecule has 0 bridgehead atoms. The fourth-order valence-electron chi connectivity index (χ4n) is 1.62. The standard InChI is InChI=1S/C12H16N4O/c1-16-7-6-14-11(16)8-15-9-4-3-5-10(17-2)12(9)13/h3-7,15H,8,13H2,1-2H3. The van der Waals surface area contributed by atoms with E-state index < -0.39 is 0 Å². The Bertz CT molecular complexity index is 507. The molecular weight excluding hydrogens is 216 g/mol. The van der Waals surface area contributed by atoms with Gasteiger partial charge in [0, 0.05) is 19.4 Å². The molecule has 1 aromatic carbocycles. The maximum absolute atomic E-state index is 5.96. The Morgan fingerprint density at radius 2 is 2.29 bits per heavy atom. The third-order valence-electron chi connectivity index (χ3n) is 2.64. The first kappa shape index (κ1) is 11.3. The van der Waals surface area contributed by atoms with Crippen LogP contribution in [0.2, 0.25) is 0 Å². The van der Waals surface area contributed by atoms with E-state index in [1.807, 2.05) is 36.0 Å². The van der Waals surface area contributed by atoms with E-state index in [-0.39, 0.29) is 0 Å². The highest BCUT2D eigenvalue weighted by Gasteiger charge is 2.05. The quantitative estimate of drug-likeness (QED) is 0.786. The lowest BCUT2D eigenvalue weighted by Gasteiger charge is -2.11. The summed E-state index contributed by atoms with van der Waals surface area (Å²) in [7, 11) is 3.56. The molecule has 2 rings (SSSR count). The topological polar surface area (TPSA) is 65.1 Å². The molecule has 0 spiro atoms. The van der Waals surface area contributed by atoms with Gasteiger partial charge < -0.3 is 20.4 Å². The van der Waals surface area contributed by atoms with Crippen LogP contribution < -0.4 is 15.8 Å². The van der Waals surface area contributed by atoms with Crippen molar-refractivity contribution in [3.63, 3.8) is 0 Å². The minimum atomic E-state index is 0.615. The molecule has 1 aromatic heterocycles. The molecule has 0 saturated carbocycles. The van der Waals surface area contributed by atoms with E-state index in [1.165, 1.54) is 0 Å². The van der Waals surface area contributed by atoms with Crippen LogP contribution in [0.3, 0.4) is 0 Å². The van der Waals surface area contributed by atoms with Gasteiger partial charge in [-0.25, -0.2) is 4.98 Å². The van der Waals surface area contributed by atoms with Gasteiger partial charge in [0.25, 0.3) is 0 Å². The average molecular weight is 232 g/mol. The van der Waals surface area contributed by atoms with E-state index in [0.29, 0.717) is 18.0 Å². The number of nitrogens with two attached hydrogens (primary N) is 1. The average Bonchev–Trinajstić information content (AvgIpc) is 2.74. The van der Waals surface area contributed by atoms with Crippen LogP contribution in [-0.4, -0.2) is 16.7 Å². The molecule has 3 N–H and O–H groups in total. The SMILES string of the molecule is COc1cccc(NCc2nccn2C)c1N. The molecule has 0 fully saturated rings. The number of hydrogen-bond acceptors (Lipinski definition) is 4. The number of aromatic nitrogens is 2. The summed E-state index contributed by atoms with van der Waals surface area (Å²) in [5, 5.41) is 3.24. The summed E-state index contributed by atoms with van der Waals surface area (Å²) in [5.74, 6) is 1.63. The van der Waals surface area contributed by atoms with Crippen molar-refractivity contribution >= 4 is 11.4 Å². The number of aryl methyl sites for hydroxylation is 1. The maximum atomic E-state index is 5.96. The van der Waals surface area contributed by atoms with Crippen LogP contribution >= 0.6 is 0 Å². The van der Waals surface area contributed by atoms with Gasteiger partial charge in [-0.05, 0) is 12.1 Å². The largest absolute Gasteiger partial charge is 0.495 e. The minimum Gasteiger partial charge on any atom is -0.495 e. The van der Waals surface area contributed by atoms with Gasteiger partial charge in [0.15, 0.2) is 0 Å². The second-order valence-electron chi connectivity index (χ2n) is 3.73. The van der Waals surface area contributed by atoms with Gasteiger partial charge in [-0.2, -0.15) is 0 Å². The molecule has 1 heterocycles. The van der Waals surface area contributed by atoms with E-state index in [0.717, 1.165) is 11.5 Å². The lowest BCUT2D eigenvalue weighted by molar-refractivity contribution is 0.417. The van der Waals surface area contributed by atoms with Gasteiger partial charge in [0.05, 0.1) is 25.0 Å². The molecule has 5 nitrogen and oxygen atoms in total. The van der Waals surface area contributed by atoms with Crippen LogP contribution in [0.15, 0.2) is 30.6 Å². The summed E-state index contributed by atoms with van der Waals surface area (Å²) >= 11 is 0. The number of methoxy groups -OCH3 is 1. The number of imidazole rings is 1. The number of para-hydroxylation sites is 1. The Hall–Kier alpha value is -2.17. The Morgan fingerprint density at radius 3 is 2.94 bits per heavy atom. The molecule has 0 radical (unpaired) electrons. The van der Waals surface area contributed by atoms with Gasteiger partial charge in [0.1, 0.15) is 11.6 Å². The van der Waals surface area contributed by atoms with E-state index in [1.54, 1.807) is 13.3 Å². The molecule has 0 saturated heterocycles. The predicted molar refractivity (Wildman–Crippen MR) is 67.9 cm³/mol. The van der Waals surface area contributed by atoms with Crippen molar-refractivity contribution < 1.29 is 4.74 Å². The summed E-state index contributed by atoms with van der Waals surface area (Å²) in [4.78, 5) is 4.23. The summed E-state index contributed by atoms with van der Waals surface area (Å²) in [6.45, 7) is 0.626. The zero-order valence-electron chi connectivity index (χ0n) is 9.97. The van der Waals surface area contributed by atoms with Crippen molar-refractivity contribution in [2.75, 3.05) is 18.2 Å². The van der Waals surface area contributed by atoms with Crippen molar-refractivity contribution in [3.8, 4) is 5.75 Å². The second-order valence-corrected chi connectivity index (χ2v) is 3.73. The molecule has 90 valence electrons. The van der Waals surface area contributed by atoms with Gasteiger partial charge in [-0.1, -0.05) is 6.07 Å². The molecule has 0 unspecified atom stereocenters. The highest BCUT2D eigenvalue weighted by Crippen LogP contribution is 2.29. The highest BCUT2D eigenvalue weighted by atomic mass is 16.5. The van der Waals surface area contributed by atoms with Crippen LogP contribution in [0.4, 0.5) is 11.4 Å². The molecule has 2 aromatic rings. The molecule has 0 atom stereocenters. The highest BCUT2D eigenvalue weighted by molar-refractivity contribution is 5.72. The number of benzene rings is 1. The van der Waals surface area contributed by atoms with Gasteiger partial charge in [-0.15, -0.1) is 0 Å². The van der Waals surface area contributed by atoms with Gasteiger partial charge >= 0.3 is 0 Å². The maximum Gasteiger partial charge on any atom is 0.143 e. The smallest absolute Gasteiger partial charge is 0.143 e. The van der Waals surface area contributed by atoms with Gasteiger partial charge in [0.2, 0.25) is 0 Å². The lowest BCUT2D eigenvalue weighted by atomic mass is 10.2. The number of nitrogen functional groups attached to an aromatic ring is 1. The van der Waals surface area contributed by atoms with Crippen LogP contribution in [0.25, 0.3) is 0 Å². The van der Waals surface area contributed by atoms with E-state index in [2.05, 4.69) is 10.3 Å².